The molecule has 0 aromatic carbocycles. The molecule has 0 saturated heterocycles. The average molecular weight is 718 g/mol. The SMILES string of the molecule is CC1=C(CCC(=O)O)c2cc3[n-]c(cc4nc(cc5[n-]c(cc1n2)c(CCC(=O)O)c5C)C(CCC(=O)O)=C4C)c(CCC(=O)O)c3C.[Zn+2]. The minimum atomic E-state index is -0.954. The number of aliphatic carboxylic acids is 4. The Labute approximate surface area is 294 Å². The summed E-state index contributed by atoms with van der Waals surface area (Å²) >= 11 is 0. The van der Waals surface area contributed by atoms with Crippen LogP contribution >= 0.6 is 0 Å². The Morgan fingerprint density at radius 2 is 0.816 bits per heavy atom. The van der Waals surface area contributed by atoms with Crippen LogP contribution in [0.4, 0.5) is 0 Å². The van der Waals surface area contributed by atoms with E-state index in [9.17, 15) is 39.6 Å². The van der Waals surface area contributed by atoms with Crippen LogP contribution in [-0.2, 0) is 51.5 Å². The molecule has 0 saturated carbocycles. The quantitative estimate of drug-likeness (QED) is 0.164. The van der Waals surface area contributed by atoms with E-state index >= 15 is 0 Å². The summed E-state index contributed by atoms with van der Waals surface area (Å²) in [4.78, 5) is 65.9. The van der Waals surface area contributed by atoms with Crippen molar-refractivity contribution in [1.29, 1.82) is 0 Å². The fourth-order valence-corrected chi connectivity index (χ4v) is 6.26. The molecule has 0 atom stereocenters. The van der Waals surface area contributed by atoms with E-state index in [2.05, 4.69) is 0 Å². The summed E-state index contributed by atoms with van der Waals surface area (Å²) < 4.78 is 0. The van der Waals surface area contributed by atoms with Gasteiger partial charge in [-0.1, -0.05) is 46.5 Å². The molecule has 5 heterocycles. The zero-order valence-corrected chi connectivity index (χ0v) is 30.9. The van der Waals surface area contributed by atoms with Crippen molar-refractivity contribution in [2.24, 2.45) is 0 Å². The third-order valence-electron chi connectivity index (χ3n) is 9.00. The molecule has 0 spiro atoms. The van der Waals surface area contributed by atoms with Crippen molar-refractivity contribution < 1.29 is 59.1 Å². The minimum Gasteiger partial charge on any atom is -0.657 e. The first kappa shape index (κ1) is 36.9. The van der Waals surface area contributed by atoms with Crippen LogP contribution in [-0.4, -0.2) is 54.3 Å². The molecule has 250 valence electrons. The van der Waals surface area contributed by atoms with Gasteiger partial charge in [0, 0.05) is 25.7 Å². The van der Waals surface area contributed by atoms with Crippen molar-refractivity contribution >= 4 is 68.2 Å². The fourth-order valence-electron chi connectivity index (χ4n) is 6.26. The molecule has 3 aromatic heterocycles. The van der Waals surface area contributed by atoms with Crippen molar-refractivity contribution in [3.05, 3.63) is 69.3 Å². The van der Waals surface area contributed by atoms with Crippen LogP contribution in [0.15, 0.2) is 24.3 Å². The van der Waals surface area contributed by atoms with Gasteiger partial charge in [0.1, 0.15) is 0 Å². The summed E-state index contributed by atoms with van der Waals surface area (Å²) in [5, 5.41) is 37.9. The summed E-state index contributed by atoms with van der Waals surface area (Å²) in [5.41, 5.74) is 10.3. The molecule has 13 heteroatoms. The van der Waals surface area contributed by atoms with E-state index < -0.39 is 23.9 Å². The number of hydrogen-bond acceptors (Lipinski definition) is 6. The van der Waals surface area contributed by atoms with Crippen molar-refractivity contribution in [1.82, 2.24) is 19.9 Å². The van der Waals surface area contributed by atoms with Crippen LogP contribution in [0.3, 0.4) is 0 Å². The number of carboxylic acid groups (broad SMARTS) is 4. The zero-order chi connectivity index (χ0) is 34.9. The number of rotatable bonds is 12. The number of aryl methyl sites for hydroxylation is 4. The maximum Gasteiger partial charge on any atom is 2.00 e. The summed E-state index contributed by atoms with van der Waals surface area (Å²) in [6, 6.07) is 7.14. The van der Waals surface area contributed by atoms with Crippen molar-refractivity contribution in [3.8, 4) is 0 Å². The van der Waals surface area contributed by atoms with Gasteiger partial charge in [0.15, 0.2) is 0 Å². The maximum atomic E-state index is 11.6. The molecular weight excluding hydrogens is 682 g/mol. The molecule has 0 amide bonds. The number of hydrogen-bond donors (Lipinski definition) is 4. The van der Waals surface area contributed by atoms with Gasteiger partial charge in [-0.2, -0.15) is 0 Å². The van der Waals surface area contributed by atoms with Gasteiger partial charge in [0.2, 0.25) is 0 Å². The molecule has 0 aliphatic carbocycles. The monoisotopic (exact) mass is 716 g/mol. The van der Waals surface area contributed by atoms with E-state index in [0.29, 0.717) is 44.8 Å². The molecule has 2 aliphatic rings. The Balaban J connectivity index is 0.00000541. The van der Waals surface area contributed by atoms with E-state index in [-0.39, 0.29) is 70.8 Å². The van der Waals surface area contributed by atoms with Gasteiger partial charge in [0.05, 0.1) is 22.8 Å². The average Bonchev–Trinajstić information content (AvgIpc) is 3.66. The van der Waals surface area contributed by atoms with Crippen LogP contribution in [0, 0.1) is 13.8 Å². The molecule has 12 nitrogen and oxygen atoms in total. The van der Waals surface area contributed by atoms with Gasteiger partial charge < -0.3 is 30.4 Å². The molecule has 5 rings (SSSR count). The zero-order valence-electron chi connectivity index (χ0n) is 27.9. The summed E-state index contributed by atoms with van der Waals surface area (Å²) in [6.45, 7) is 7.43. The third-order valence-corrected chi connectivity index (χ3v) is 9.00. The first-order valence-corrected chi connectivity index (χ1v) is 15.6. The molecular formula is C36H36N4O8Zn. The van der Waals surface area contributed by atoms with Crippen molar-refractivity contribution in [2.45, 2.75) is 79.1 Å². The summed E-state index contributed by atoms with van der Waals surface area (Å²) in [6.07, 6.45) is 0.401. The van der Waals surface area contributed by atoms with Gasteiger partial charge in [0.25, 0.3) is 0 Å². The predicted octanol–water partition coefficient (Wildman–Crippen LogP) is 5.81. The van der Waals surface area contributed by atoms with Crippen molar-refractivity contribution in [2.75, 3.05) is 0 Å². The molecule has 2 aliphatic heterocycles. The third kappa shape index (κ3) is 8.05. The van der Waals surface area contributed by atoms with Crippen LogP contribution < -0.4 is 9.97 Å². The van der Waals surface area contributed by atoms with Crippen LogP contribution in [0.1, 0.15) is 97.4 Å². The molecule has 0 unspecified atom stereocenters. The fraction of sp³-hybridized carbons (Fsp3) is 0.333. The van der Waals surface area contributed by atoms with Gasteiger partial charge in [-0.05, 0) is 75.7 Å². The van der Waals surface area contributed by atoms with Gasteiger partial charge in [-0.15, -0.1) is 22.1 Å². The molecule has 0 radical (unpaired) electrons. The van der Waals surface area contributed by atoms with E-state index in [0.717, 1.165) is 44.5 Å². The molecule has 49 heavy (non-hydrogen) atoms. The number of carbonyl (C=O) groups is 4. The normalized spacial score (nSPS) is 12.7. The first-order chi connectivity index (χ1) is 22.7. The maximum absolute atomic E-state index is 11.6. The number of allylic oxidation sites excluding steroid dienone is 4. The Kier molecular flexibility index (Phi) is 11.4. The Morgan fingerprint density at radius 3 is 1.14 bits per heavy atom. The first-order valence-electron chi connectivity index (χ1n) is 15.6. The van der Waals surface area contributed by atoms with Crippen LogP contribution in [0.2, 0.25) is 0 Å². The predicted molar refractivity (Wildman–Crippen MR) is 179 cm³/mol. The Morgan fingerprint density at radius 1 is 0.510 bits per heavy atom. The Hall–Kier alpha value is -4.90. The van der Waals surface area contributed by atoms with Crippen molar-refractivity contribution in [3.63, 3.8) is 0 Å². The van der Waals surface area contributed by atoms with E-state index in [1.165, 1.54) is 0 Å². The number of nitrogens with zero attached hydrogens (tertiary/aromatic N) is 4. The second-order valence-electron chi connectivity index (χ2n) is 12.1. The summed E-state index contributed by atoms with van der Waals surface area (Å²) in [5.74, 6) is -3.82. The van der Waals surface area contributed by atoms with Crippen LogP contribution in [0.5, 0.6) is 0 Å². The Bertz CT molecular complexity index is 1960. The molecule has 4 N–H and O–H groups in total. The smallest absolute Gasteiger partial charge is 0.657 e. The standard InChI is InChI=1S/C36H38N4O8.Zn/c1-17-21(5-9-33(41)42)29-14-26-19(3)23(7-11-35(45)46)31(39-26)16-28-20(4)24(8-12-36(47)48)32(40-28)15-27-18(2)22(6-10-34(43)44)30(38-27)13-25(17)37-29;/h13-16H,5-12H2,1-4H3,(H6,37,38,39,40,41,42,43,44,45,46,47,48);/q;+2/p-2. The second kappa shape index (κ2) is 15.1. The molecule has 3 aromatic rings. The topological polar surface area (TPSA) is 203 Å². The van der Waals surface area contributed by atoms with E-state index in [1.54, 1.807) is 24.3 Å². The van der Waals surface area contributed by atoms with Gasteiger partial charge in [-0.25, -0.2) is 9.97 Å². The van der Waals surface area contributed by atoms with Gasteiger partial charge in [-0.3, -0.25) is 19.2 Å². The van der Waals surface area contributed by atoms with Crippen LogP contribution in [0.25, 0.3) is 44.4 Å². The number of fused-ring (bicyclic) bond motifs is 8. The number of aromatic nitrogens is 4. The summed E-state index contributed by atoms with van der Waals surface area (Å²) in [7, 11) is 0. The van der Waals surface area contributed by atoms with E-state index in [4.69, 9.17) is 19.9 Å². The van der Waals surface area contributed by atoms with Gasteiger partial charge >= 0.3 is 43.4 Å². The molecule has 8 bridgehead atoms. The second-order valence-corrected chi connectivity index (χ2v) is 12.1. The van der Waals surface area contributed by atoms with E-state index in [1.807, 2.05) is 27.7 Å². The largest absolute Gasteiger partial charge is 2.00 e. The number of carboxylic acids is 4. The molecule has 0 fully saturated rings. The minimum absolute atomic E-state index is 0.